The SMILES string of the molecule is O=C1NC(=O)C2(CCC2)C(=O)N1CC(F)(F)F. The first-order valence-electron chi connectivity index (χ1n) is 5.00. The molecule has 0 radical (unpaired) electrons. The molecule has 1 saturated carbocycles. The van der Waals surface area contributed by atoms with Gasteiger partial charge in [-0.05, 0) is 12.8 Å². The molecular formula is C9H9F3N2O3. The van der Waals surface area contributed by atoms with Crippen molar-refractivity contribution in [2.75, 3.05) is 6.54 Å². The van der Waals surface area contributed by atoms with Gasteiger partial charge in [0, 0.05) is 0 Å². The zero-order valence-corrected chi connectivity index (χ0v) is 8.63. The highest BCUT2D eigenvalue weighted by Gasteiger charge is 2.58. The lowest BCUT2D eigenvalue weighted by atomic mass is 9.66. The minimum absolute atomic E-state index is 0.0700. The second-order valence-electron chi connectivity index (χ2n) is 4.20. The van der Waals surface area contributed by atoms with Crippen LogP contribution in [0, 0.1) is 5.41 Å². The highest BCUT2D eigenvalue weighted by atomic mass is 19.4. The minimum Gasteiger partial charge on any atom is -0.277 e. The number of nitrogens with zero attached hydrogens (tertiary/aromatic N) is 1. The Morgan fingerprint density at radius 3 is 2.24 bits per heavy atom. The number of hydrogen-bond donors (Lipinski definition) is 1. The van der Waals surface area contributed by atoms with E-state index >= 15 is 0 Å². The van der Waals surface area contributed by atoms with Gasteiger partial charge in [0.25, 0.3) is 0 Å². The largest absolute Gasteiger partial charge is 0.406 e. The van der Waals surface area contributed by atoms with Crippen molar-refractivity contribution in [3.05, 3.63) is 0 Å². The molecule has 8 heteroatoms. The van der Waals surface area contributed by atoms with Crippen LogP contribution < -0.4 is 5.32 Å². The average Bonchev–Trinajstić information content (AvgIpc) is 2.08. The summed E-state index contributed by atoms with van der Waals surface area (Å²) in [7, 11) is 0. The quantitative estimate of drug-likeness (QED) is 0.700. The fraction of sp³-hybridized carbons (Fsp3) is 0.667. The predicted octanol–water partition coefficient (Wildman–Crippen LogP) is 0.797. The molecular weight excluding hydrogens is 241 g/mol. The third-order valence-electron chi connectivity index (χ3n) is 3.10. The van der Waals surface area contributed by atoms with Crippen molar-refractivity contribution in [1.82, 2.24) is 10.2 Å². The first-order chi connectivity index (χ1) is 7.76. The van der Waals surface area contributed by atoms with Gasteiger partial charge in [-0.1, -0.05) is 6.42 Å². The van der Waals surface area contributed by atoms with E-state index in [2.05, 4.69) is 0 Å². The summed E-state index contributed by atoms with van der Waals surface area (Å²) in [6.45, 7) is -1.66. The molecule has 17 heavy (non-hydrogen) atoms. The van der Waals surface area contributed by atoms with Crippen molar-refractivity contribution in [1.29, 1.82) is 0 Å². The molecule has 0 aromatic carbocycles. The summed E-state index contributed by atoms with van der Waals surface area (Å²) < 4.78 is 36.6. The molecule has 0 bridgehead atoms. The Kier molecular flexibility index (Phi) is 2.41. The van der Waals surface area contributed by atoms with E-state index in [1.54, 1.807) is 5.32 Å². The van der Waals surface area contributed by atoms with Crippen LogP contribution in [0.5, 0.6) is 0 Å². The molecule has 1 aliphatic carbocycles. The molecule has 1 heterocycles. The van der Waals surface area contributed by atoms with Crippen molar-refractivity contribution in [3.63, 3.8) is 0 Å². The molecule has 1 N–H and O–H groups in total. The molecule has 2 aliphatic rings. The number of urea groups is 1. The summed E-state index contributed by atoms with van der Waals surface area (Å²) in [5.74, 6) is -1.81. The van der Waals surface area contributed by atoms with E-state index in [-0.39, 0.29) is 17.7 Å². The lowest BCUT2D eigenvalue weighted by Crippen LogP contribution is -2.67. The zero-order valence-electron chi connectivity index (χ0n) is 8.63. The number of carbonyl (C=O) groups excluding carboxylic acids is 3. The highest BCUT2D eigenvalue weighted by Crippen LogP contribution is 2.44. The second-order valence-corrected chi connectivity index (χ2v) is 4.20. The summed E-state index contributed by atoms with van der Waals surface area (Å²) in [4.78, 5) is 34.5. The zero-order chi connectivity index (χ0) is 12.8. The Morgan fingerprint density at radius 1 is 1.24 bits per heavy atom. The van der Waals surface area contributed by atoms with E-state index in [4.69, 9.17) is 0 Å². The van der Waals surface area contributed by atoms with Crippen LogP contribution in [0.3, 0.4) is 0 Å². The summed E-state index contributed by atoms with van der Waals surface area (Å²) in [5.41, 5.74) is -1.45. The molecule has 1 spiro atoms. The lowest BCUT2D eigenvalue weighted by Gasteiger charge is -2.44. The molecule has 1 saturated heterocycles. The third kappa shape index (κ3) is 1.77. The highest BCUT2D eigenvalue weighted by molar-refractivity contribution is 6.19. The molecule has 4 amide bonds. The normalized spacial score (nSPS) is 23.7. The van der Waals surface area contributed by atoms with E-state index in [0.29, 0.717) is 6.42 Å². The smallest absolute Gasteiger partial charge is 0.277 e. The number of rotatable bonds is 1. The maximum atomic E-state index is 12.2. The standard InChI is InChI=1S/C9H9F3N2O3/c10-9(11,12)4-14-6(16)8(2-1-3-8)5(15)13-7(14)17/h1-4H2,(H,13,15,17). The number of carbonyl (C=O) groups is 3. The predicted molar refractivity (Wildman–Crippen MR) is 47.6 cm³/mol. The molecule has 1 aliphatic heterocycles. The number of nitrogens with one attached hydrogen (secondary N) is 1. The van der Waals surface area contributed by atoms with Gasteiger partial charge < -0.3 is 0 Å². The molecule has 0 aromatic rings. The van der Waals surface area contributed by atoms with Gasteiger partial charge in [0.15, 0.2) is 0 Å². The summed E-state index contributed by atoms with van der Waals surface area (Å²) >= 11 is 0. The minimum atomic E-state index is -4.67. The van der Waals surface area contributed by atoms with Crippen molar-refractivity contribution in [2.24, 2.45) is 5.41 Å². The van der Waals surface area contributed by atoms with Gasteiger partial charge in [-0.15, -0.1) is 0 Å². The summed E-state index contributed by atoms with van der Waals surface area (Å²) in [6.07, 6.45) is -3.69. The van der Waals surface area contributed by atoms with Crippen molar-refractivity contribution in [3.8, 4) is 0 Å². The van der Waals surface area contributed by atoms with Gasteiger partial charge >= 0.3 is 12.2 Å². The van der Waals surface area contributed by atoms with Crippen LogP contribution in [-0.2, 0) is 9.59 Å². The Balaban J connectivity index is 2.24. The van der Waals surface area contributed by atoms with Crippen LogP contribution in [0.2, 0.25) is 0 Å². The Bertz CT molecular complexity index is 401. The van der Waals surface area contributed by atoms with Gasteiger partial charge in [0.2, 0.25) is 11.8 Å². The Labute approximate surface area is 93.9 Å². The average molecular weight is 250 g/mol. The van der Waals surface area contributed by atoms with Crippen LogP contribution in [0.4, 0.5) is 18.0 Å². The number of imide groups is 2. The van der Waals surface area contributed by atoms with Gasteiger partial charge in [0.05, 0.1) is 0 Å². The number of hydrogen-bond acceptors (Lipinski definition) is 3. The first-order valence-corrected chi connectivity index (χ1v) is 5.00. The number of halogens is 3. The maximum Gasteiger partial charge on any atom is 0.406 e. The van der Waals surface area contributed by atoms with E-state index in [1.165, 1.54) is 0 Å². The van der Waals surface area contributed by atoms with E-state index in [9.17, 15) is 27.6 Å². The Morgan fingerprint density at radius 2 is 1.82 bits per heavy atom. The number of alkyl halides is 3. The summed E-state index contributed by atoms with van der Waals surface area (Å²) in [6, 6.07) is -1.30. The second kappa shape index (κ2) is 3.44. The maximum absolute atomic E-state index is 12.2. The molecule has 94 valence electrons. The first kappa shape index (κ1) is 11.9. The Hall–Kier alpha value is -1.60. The molecule has 0 atom stereocenters. The third-order valence-corrected chi connectivity index (χ3v) is 3.10. The van der Waals surface area contributed by atoms with Crippen molar-refractivity contribution >= 4 is 17.8 Å². The van der Waals surface area contributed by atoms with Gasteiger partial charge in [-0.3, -0.25) is 19.8 Å². The van der Waals surface area contributed by atoms with E-state index in [0.717, 1.165) is 0 Å². The van der Waals surface area contributed by atoms with Crippen molar-refractivity contribution < 1.29 is 27.6 Å². The van der Waals surface area contributed by atoms with E-state index in [1.807, 2.05) is 0 Å². The fourth-order valence-corrected chi connectivity index (χ4v) is 2.03. The van der Waals surface area contributed by atoms with Crippen molar-refractivity contribution in [2.45, 2.75) is 25.4 Å². The van der Waals surface area contributed by atoms with Gasteiger partial charge in [-0.25, -0.2) is 4.79 Å². The van der Waals surface area contributed by atoms with Gasteiger partial charge in [-0.2, -0.15) is 13.2 Å². The molecule has 0 unspecified atom stereocenters. The number of amides is 4. The van der Waals surface area contributed by atoms with Crippen LogP contribution in [0.15, 0.2) is 0 Å². The van der Waals surface area contributed by atoms with Crippen LogP contribution in [0.1, 0.15) is 19.3 Å². The lowest BCUT2D eigenvalue weighted by molar-refractivity contribution is -0.172. The molecule has 2 rings (SSSR count). The van der Waals surface area contributed by atoms with Gasteiger partial charge in [0.1, 0.15) is 12.0 Å². The topological polar surface area (TPSA) is 66.5 Å². The molecule has 0 aromatic heterocycles. The fourth-order valence-electron chi connectivity index (χ4n) is 2.03. The van der Waals surface area contributed by atoms with Crippen LogP contribution >= 0.6 is 0 Å². The monoisotopic (exact) mass is 250 g/mol. The molecule has 2 fully saturated rings. The molecule has 5 nitrogen and oxygen atoms in total. The number of barbiturate groups is 1. The van der Waals surface area contributed by atoms with E-state index < -0.39 is 36.0 Å². The van der Waals surface area contributed by atoms with Crippen LogP contribution in [-0.4, -0.2) is 35.5 Å². The van der Waals surface area contributed by atoms with Crippen LogP contribution in [0.25, 0.3) is 0 Å². The summed E-state index contributed by atoms with van der Waals surface area (Å²) in [5, 5.41) is 1.80.